The van der Waals surface area contributed by atoms with Crippen molar-refractivity contribution in [2.75, 3.05) is 25.0 Å². The monoisotopic (exact) mass is 476 g/mol. The van der Waals surface area contributed by atoms with E-state index in [1.54, 1.807) is 12.1 Å². The van der Waals surface area contributed by atoms with Crippen LogP contribution in [0.15, 0.2) is 28.5 Å². The lowest BCUT2D eigenvalue weighted by atomic mass is 9.92. The molecule has 1 aromatic carbocycles. The van der Waals surface area contributed by atoms with Gasteiger partial charge in [0.2, 0.25) is 15.9 Å². The summed E-state index contributed by atoms with van der Waals surface area (Å²) in [5.74, 6) is 0.548. The number of fused-ring (bicyclic) bond motifs is 1. The number of nitrogens with zero attached hydrogens (tertiary/aromatic N) is 2. The van der Waals surface area contributed by atoms with Gasteiger partial charge in [-0.3, -0.25) is 9.69 Å². The number of carbonyl (C=O) groups excluding carboxylic acids is 1. The molecule has 0 radical (unpaired) electrons. The lowest BCUT2D eigenvalue weighted by molar-refractivity contribution is -0.116. The molecule has 1 aliphatic carbocycles. The van der Waals surface area contributed by atoms with Crippen LogP contribution < -0.4 is 10.0 Å². The van der Waals surface area contributed by atoms with Crippen molar-refractivity contribution < 1.29 is 13.2 Å². The lowest BCUT2D eigenvalue weighted by Gasteiger charge is -2.29. The van der Waals surface area contributed by atoms with Gasteiger partial charge in [-0.1, -0.05) is 13.0 Å². The highest BCUT2D eigenvalue weighted by Crippen LogP contribution is 2.24. The Morgan fingerprint density at radius 3 is 2.72 bits per heavy atom. The van der Waals surface area contributed by atoms with Crippen molar-refractivity contribution in [2.24, 2.45) is 5.92 Å². The number of likely N-dealkylation sites (tertiary alicyclic amines) is 1. The maximum atomic E-state index is 12.6. The zero-order valence-corrected chi connectivity index (χ0v) is 20.2. The number of rotatable bonds is 8. The normalized spacial score (nSPS) is 17.8. The molecule has 1 aliphatic heterocycles. The van der Waals surface area contributed by atoms with Crippen LogP contribution >= 0.6 is 11.3 Å². The van der Waals surface area contributed by atoms with Crippen molar-refractivity contribution in [1.29, 1.82) is 0 Å². The molecule has 2 aliphatic rings. The Balaban J connectivity index is 1.23. The summed E-state index contributed by atoms with van der Waals surface area (Å²) in [7, 11) is -3.63. The first-order valence-electron chi connectivity index (χ1n) is 11.5. The summed E-state index contributed by atoms with van der Waals surface area (Å²) in [4.78, 5) is 19.5. The Morgan fingerprint density at radius 2 is 1.94 bits per heavy atom. The van der Waals surface area contributed by atoms with Gasteiger partial charge < -0.3 is 5.32 Å². The number of hydrogen-bond donors (Lipinski definition) is 2. The van der Waals surface area contributed by atoms with Crippen LogP contribution in [0.4, 0.5) is 5.13 Å². The molecule has 9 heteroatoms. The predicted octanol–water partition coefficient (Wildman–Crippen LogP) is 3.56. The number of piperidine rings is 1. The smallest absolute Gasteiger partial charge is 0.240 e. The number of anilines is 1. The molecular formula is C23H32N4O3S2. The minimum atomic E-state index is -3.63. The molecule has 7 nitrogen and oxygen atoms in total. The molecule has 0 spiro atoms. The Morgan fingerprint density at radius 1 is 1.19 bits per heavy atom. The number of benzene rings is 1. The maximum Gasteiger partial charge on any atom is 0.240 e. The molecule has 0 saturated carbocycles. The molecule has 0 atom stereocenters. The van der Waals surface area contributed by atoms with Crippen LogP contribution in [-0.2, 0) is 34.2 Å². The summed E-state index contributed by atoms with van der Waals surface area (Å²) in [5.41, 5.74) is 3.33. The van der Waals surface area contributed by atoms with Crippen molar-refractivity contribution >= 4 is 32.4 Å². The second-order valence-electron chi connectivity index (χ2n) is 8.94. The highest BCUT2D eigenvalue weighted by Gasteiger charge is 2.19. The van der Waals surface area contributed by atoms with E-state index in [0.29, 0.717) is 5.13 Å². The first kappa shape index (κ1) is 23.4. The molecule has 1 saturated heterocycles. The summed E-state index contributed by atoms with van der Waals surface area (Å²) in [5, 5.41) is 5.33. The summed E-state index contributed by atoms with van der Waals surface area (Å²) in [6, 6.07) is 5.35. The van der Waals surface area contributed by atoms with E-state index in [-0.39, 0.29) is 23.8 Å². The molecule has 1 fully saturated rings. The highest BCUT2D eigenvalue weighted by molar-refractivity contribution is 7.89. The summed E-state index contributed by atoms with van der Waals surface area (Å²) < 4.78 is 27.8. The Bertz CT molecular complexity index is 1040. The van der Waals surface area contributed by atoms with E-state index in [0.717, 1.165) is 62.5 Å². The van der Waals surface area contributed by atoms with Crippen molar-refractivity contribution in [2.45, 2.75) is 63.3 Å². The van der Waals surface area contributed by atoms with Gasteiger partial charge >= 0.3 is 0 Å². The minimum Gasteiger partial charge on any atom is -0.302 e. The van der Waals surface area contributed by atoms with Gasteiger partial charge in [-0.2, -0.15) is 0 Å². The fourth-order valence-corrected chi connectivity index (χ4v) is 6.13. The van der Waals surface area contributed by atoms with Crippen LogP contribution in [-0.4, -0.2) is 43.8 Å². The molecular weight excluding hydrogens is 444 g/mol. The second kappa shape index (κ2) is 10.4. The number of hydrogen-bond acceptors (Lipinski definition) is 6. The Kier molecular flexibility index (Phi) is 7.60. The predicted molar refractivity (Wildman–Crippen MR) is 127 cm³/mol. The zero-order valence-electron chi connectivity index (χ0n) is 18.6. The maximum absolute atomic E-state index is 12.6. The molecule has 2 heterocycles. The molecule has 174 valence electrons. The van der Waals surface area contributed by atoms with Crippen LogP contribution in [0, 0.1) is 5.92 Å². The molecule has 32 heavy (non-hydrogen) atoms. The zero-order chi connectivity index (χ0) is 22.6. The van der Waals surface area contributed by atoms with Gasteiger partial charge in [0.05, 0.1) is 10.6 Å². The van der Waals surface area contributed by atoms with Gasteiger partial charge in [0.1, 0.15) is 0 Å². The number of carbonyl (C=O) groups is 1. The van der Waals surface area contributed by atoms with Gasteiger partial charge in [-0.25, -0.2) is 18.1 Å². The van der Waals surface area contributed by atoms with Gasteiger partial charge in [-0.15, -0.1) is 11.3 Å². The van der Waals surface area contributed by atoms with Crippen molar-refractivity contribution in [1.82, 2.24) is 14.6 Å². The minimum absolute atomic E-state index is 0.0510. The number of amides is 1. The van der Waals surface area contributed by atoms with Gasteiger partial charge in [0.15, 0.2) is 5.13 Å². The van der Waals surface area contributed by atoms with Gasteiger partial charge in [0, 0.05) is 24.9 Å². The average molecular weight is 477 g/mol. The third-order valence-corrected chi connectivity index (χ3v) is 8.60. The number of nitrogens with one attached hydrogen (secondary N) is 2. The molecule has 2 N–H and O–H groups in total. The lowest BCUT2D eigenvalue weighted by Crippen LogP contribution is -2.32. The fraction of sp³-hybridized carbons (Fsp3) is 0.565. The number of thiazole rings is 1. The quantitative estimate of drug-likeness (QED) is 0.608. The SMILES string of the molecule is CC1CCN(Cc2csc(NC(=O)CCNS(=O)(=O)c3ccc4c(c3)CCCC4)n2)CC1. The standard InChI is InChI=1S/C23H32N4O3S2/c1-17-9-12-27(13-10-17)15-20-16-31-23(25-20)26-22(28)8-11-24-32(29,30)21-7-6-18-4-2-3-5-19(18)14-21/h6-7,14,16-17,24H,2-5,8-13,15H2,1H3,(H,25,26,28). The second-order valence-corrected chi connectivity index (χ2v) is 11.6. The highest BCUT2D eigenvalue weighted by atomic mass is 32.2. The van der Waals surface area contributed by atoms with Crippen LogP contribution in [0.5, 0.6) is 0 Å². The molecule has 4 rings (SSSR count). The van der Waals surface area contributed by atoms with E-state index in [4.69, 9.17) is 0 Å². The van der Waals surface area contributed by atoms with E-state index in [2.05, 4.69) is 26.8 Å². The summed E-state index contributed by atoms with van der Waals surface area (Å²) in [6.07, 6.45) is 6.68. The number of sulfonamides is 1. The van der Waals surface area contributed by atoms with E-state index in [9.17, 15) is 13.2 Å². The van der Waals surface area contributed by atoms with Crippen molar-refractivity contribution in [3.8, 4) is 0 Å². The summed E-state index contributed by atoms with van der Waals surface area (Å²) in [6.45, 7) is 5.32. The first-order valence-corrected chi connectivity index (χ1v) is 13.8. The third-order valence-electron chi connectivity index (χ3n) is 6.33. The molecule has 2 aromatic rings. The third kappa shape index (κ3) is 6.15. The topological polar surface area (TPSA) is 91.4 Å². The van der Waals surface area contributed by atoms with Crippen LogP contribution in [0.3, 0.4) is 0 Å². The molecule has 0 bridgehead atoms. The molecule has 0 unspecified atom stereocenters. The number of aromatic nitrogens is 1. The van der Waals surface area contributed by atoms with Gasteiger partial charge in [-0.05, 0) is 80.8 Å². The fourth-order valence-electron chi connectivity index (χ4n) is 4.33. The van der Waals surface area contributed by atoms with Crippen molar-refractivity contribution in [3.63, 3.8) is 0 Å². The van der Waals surface area contributed by atoms with E-state index < -0.39 is 10.0 Å². The first-order chi connectivity index (χ1) is 15.4. The van der Waals surface area contributed by atoms with Crippen LogP contribution in [0.25, 0.3) is 0 Å². The van der Waals surface area contributed by atoms with Gasteiger partial charge in [0.25, 0.3) is 0 Å². The average Bonchev–Trinajstić information content (AvgIpc) is 3.21. The Hall–Kier alpha value is -1.81. The van der Waals surface area contributed by atoms with E-state index >= 15 is 0 Å². The summed E-state index contributed by atoms with van der Waals surface area (Å²) >= 11 is 1.41. The molecule has 1 aromatic heterocycles. The number of aryl methyl sites for hydroxylation is 2. The van der Waals surface area contributed by atoms with Crippen molar-refractivity contribution in [3.05, 3.63) is 40.4 Å². The van der Waals surface area contributed by atoms with Crippen LogP contribution in [0.1, 0.15) is 55.8 Å². The van der Waals surface area contributed by atoms with E-state index in [1.165, 1.54) is 29.7 Å². The largest absolute Gasteiger partial charge is 0.302 e. The van der Waals surface area contributed by atoms with Crippen LogP contribution in [0.2, 0.25) is 0 Å². The van der Waals surface area contributed by atoms with E-state index in [1.807, 2.05) is 11.4 Å². The Labute approximate surface area is 194 Å². The molecule has 1 amide bonds.